The van der Waals surface area contributed by atoms with E-state index in [0.29, 0.717) is 44.7 Å². The van der Waals surface area contributed by atoms with Gasteiger partial charge in [0, 0.05) is 26.2 Å². The first-order valence-electron chi connectivity index (χ1n) is 18.9. The van der Waals surface area contributed by atoms with Gasteiger partial charge in [-0.15, -0.1) is 0 Å². The molecule has 0 bridgehead atoms. The van der Waals surface area contributed by atoms with Gasteiger partial charge in [0.15, 0.2) is 34.3 Å². The Morgan fingerprint density at radius 3 is 1.72 bits per heavy atom. The first-order valence-corrected chi connectivity index (χ1v) is 18.9. The van der Waals surface area contributed by atoms with Gasteiger partial charge in [-0.3, -0.25) is 9.59 Å². The molecule has 0 aliphatic carbocycles. The molecule has 1 atom stereocenters. The number of hydrogen-bond acceptors (Lipinski definition) is 14. The summed E-state index contributed by atoms with van der Waals surface area (Å²) in [6.45, 7) is 1.73. The number of benzene rings is 2. The summed E-state index contributed by atoms with van der Waals surface area (Å²) in [6, 6.07) is 8.93. The maximum absolute atomic E-state index is 12.9. The fourth-order valence-electron chi connectivity index (χ4n) is 6.53. The van der Waals surface area contributed by atoms with Crippen molar-refractivity contribution in [3.8, 4) is 23.2 Å². The number of imidazole rings is 4. The third-order valence-corrected chi connectivity index (χ3v) is 9.82. The minimum absolute atomic E-state index is 0.0269. The maximum atomic E-state index is 12.9. The highest BCUT2D eigenvalue weighted by atomic mass is 19.4. The molecule has 0 saturated heterocycles. The number of halogens is 6. The maximum Gasteiger partial charge on any atom is 0.416 e. The molecule has 0 radical (unpaired) electrons. The molecular weight excluding hydrogens is 871 g/mol. The van der Waals surface area contributed by atoms with E-state index in [1.165, 1.54) is 43.5 Å². The molecule has 2 amide bonds. The highest BCUT2D eigenvalue weighted by molar-refractivity contribution is 6.02. The lowest BCUT2D eigenvalue weighted by molar-refractivity contribution is -0.138. The van der Waals surface area contributed by atoms with E-state index in [4.69, 9.17) is 9.05 Å². The van der Waals surface area contributed by atoms with Crippen LogP contribution in [0.4, 0.5) is 26.3 Å². The molecule has 10 aromatic rings. The van der Waals surface area contributed by atoms with Crippen LogP contribution in [0, 0.1) is 0 Å². The molecule has 0 aliphatic rings. The highest BCUT2D eigenvalue weighted by Gasteiger charge is 2.32. The van der Waals surface area contributed by atoms with E-state index in [1.54, 1.807) is 36.2 Å². The summed E-state index contributed by atoms with van der Waals surface area (Å²) in [5.41, 5.74) is 2.34. The molecule has 0 aliphatic heterocycles. The van der Waals surface area contributed by atoms with Crippen LogP contribution in [0.25, 0.3) is 67.6 Å². The second kappa shape index (κ2) is 16.0. The molecule has 65 heavy (non-hydrogen) atoms. The Bertz CT molecular complexity index is 3420. The van der Waals surface area contributed by atoms with Gasteiger partial charge in [-0.25, -0.2) is 39.9 Å². The third-order valence-electron chi connectivity index (χ3n) is 9.82. The van der Waals surface area contributed by atoms with Crippen molar-refractivity contribution in [1.29, 1.82) is 0 Å². The number of carbonyl (C=O) groups is 2. The second-order valence-corrected chi connectivity index (χ2v) is 14.3. The van der Waals surface area contributed by atoms with Crippen LogP contribution in [-0.4, -0.2) is 81.1 Å². The van der Waals surface area contributed by atoms with E-state index < -0.39 is 41.3 Å². The number of nitrogens with one attached hydrogen (secondary N) is 4. The number of H-pyrrole nitrogens is 2. The number of nitrogens with zero attached hydrogens (tertiary/aromatic N) is 12. The topological polar surface area (TPSA) is 255 Å². The van der Waals surface area contributed by atoms with Crippen LogP contribution in [0.2, 0.25) is 0 Å². The first-order chi connectivity index (χ1) is 31.0. The Kier molecular flexibility index (Phi) is 10.3. The van der Waals surface area contributed by atoms with E-state index in [0.717, 1.165) is 24.3 Å². The highest BCUT2D eigenvalue weighted by Crippen LogP contribution is 2.33. The van der Waals surface area contributed by atoms with E-state index in [1.807, 2.05) is 0 Å². The van der Waals surface area contributed by atoms with E-state index in [9.17, 15) is 35.9 Å². The van der Waals surface area contributed by atoms with Gasteiger partial charge in [-0.1, -0.05) is 10.3 Å². The normalized spacial score (nSPS) is 12.5. The summed E-state index contributed by atoms with van der Waals surface area (Å²) in [5, 5.41) is 13.3. The van der Waals surface area contributed by atoms with E-state index in [2.05, 4.69) is 70.8 Å². The average molecular weight is 899 g/mol. The van der Waals surface area contributed by atoms with Crippen molar-refractivity contribution < 1.29 is 45.0 Å². The third kappa shape index (κ3) is 8.25. The fraction of sp³-hybridized carbons (Fsp3) is 0.179. The van der Waals surface area contributed by atoms with Crippen LogP contribution in [0.5, 0.6) is 0 Å². The Balaban J connectivity index is 0.000000164. The van der Waals surface area contributed by atoms with Gasteiger partial charge in [0.05, 0.1) is 58.4 Å². The number of fused-ring (bicyclic) bond motifs is 4. The van der Waals surface area contributed by atoms with Gasteiger partial charge in [0.1, 0.15) is 35.1 Å². The van der Waals surface area contributed by atoms with Gasteiger partial charge in [-0.2, -0.15) is 26.3 Å². The van der Waals surface area contributed by atoms with Crippen LogP contribution in [0.3, 0.4) is 0 Å². The number of hydrogen-bond donors (Lipinski definition) is 4. The summed E-state index contributed by atoms with van der Waals surface area (Å²) in [7, 11) is 3.51. The number of aromatic amines is 2. The minimum atomic E-state index is -4.46. The number of alkyl halides is 6. The second-order valence-electron chi connectivity index (χ2n) is 14.3. The number of aryl methyl sites for hydroxylation is 2. The molecule has 330 valence electrons. The van der Waals surface area contributed by atoms with Gasteiger partial charge >= 0.3 is 12.4 Å². The molecule has 0 unspecified atom stereocenters. The largest absolute Gasteiger partial charge is 0.416 e. The molecule has 26 heteroatoms. The molecule has 0 spiro atoms. The zero-order valence-corrected chi connectivity index (χ0v) is 33.5. The van der Waals surface area contributed by atoms with Crippen molar-refractivity contribution in [2.45, 2.75) is 31.9 Å². The van der Waals surface area contributed by atoms with Crippen LogP contribution >= 0.6 is 0 Å². The Morgan fingerprint density at radius 1 is 0.677 bits per heavy atom. The zero-order chi connectivity index (χ0) is 45.8. The molecule has 8 heterocycles. The van der Waals surface area contributed by atoms with Crippen LogP contribution in [0.15, 0.2) is 82.9 Å². The standard InChI is InChI=1S/C20H15F3N8O2.C19H13F3N8O2/c1-9(27-19(32)16-15-18(25-7-24-16)31(2)8-26-15)12-6-14(33-30-12)17-28-11-4-3-10(20(21,22)23)5-13(11)29-17;1-30-8-26-14-15(24-7-25-17(14)30)18(31)23-6-10-5-13(32-29-10)16-27-11-3-2-9(19(20,21)22)4-12(11)28-16/h3-9H,1-2H3,(H,27,32)(H,28,29);2-5,7-8H,6H2,1H3,(H,23,31)(H,27,28)/t9-;/m0./s1. The number of amides is 2. The van der Waals surface area contributed by atoms with Crippen molar-refractivity contribution in [3.05, 3.63) is 108 Å². The smallest absolute Gasteiger partial charge is 0.353 e. The van der Waals surface area contributed by atoms with Crippen molar-refractivity contribution in [2.24, 2.45) is 14.1 Å². The summed E-state index contributed by atoms with van der Waals surface area (Å²) < 4.78 is 91.4. The van der Waals surface area contributed by atoms with Crippen molar-refractivity contribution in [3.63, 3.8) is 0 Å². The summed E-state index contributed by atoms with van der Waals surface area (Å²) >= 11 is 0. The SMILES string of the molecule is C[C@H](NC(=O)c1ncnc2c1ncn2C)c1cc(-c2nc3ccc(C(F)(F)F)cc3[nH]2)on1.Cn1cnc2c(C(=O)NCc3cc(-c4nc5ccc(C(F)(F)F)cc5[nH]4)on3)ncnc21. The molecule has 10 rings (SSSR count). The monoisotopic (exact) mass is 898 g/mol. The van der Waals surface area contributed by atoms with Crippen LogP contribution < -0.4 is 10.6 Å². The molecule has 0 saturated carbocycles. The first kappa shape index (κ1) is 41.8. The predicted molar refractivity (Wildman–Crippen MR) is 213 cm³/mol. The fourth-order valence-corrected chi connectivity index (χ4v) is 6.53. The summed E-state index contributed by atoms with van der Waals surface area (Å²) in [4.78, 5) is 63.9. The number of aromatic nitrogens is 14. The molecule has 2 aromatic carbocycles. The van der Waals surface area contributed by atoms with Crippen LogP contribution in [-0.2, 0) is 33.0 Å². The Morgan fingerprint density at radius 2 is 1.18 bits per heavy atom. The molecule has 8 aromatic heterocycles. The van der Waals surface area contributed by atoms with Gasteiger partial charge in [-0.05, 0) is 43.3 Å². The molecule has 0 fully saturated rings. The molecule has 20 nitrogen and oxygen atoms in total. The lowest BCUT2D eigenvalue weighted by Gasteiger charge is -2.10. The summed E-state index contributed by atoms with van der Waals surface area (Å²) in [5.74, 6) is -0.0770. The predicted octanol–water partition coefficient (Wildman–Crippen LogP) is 6.25. The van der Waals surface area contributed by atoms with Gasteiger partial charge in [0.2, 0.25) is 11.5 Å². The lowest BCUT2D eigenvalue weighted by Crippen LogP contribution is -2.28. The summed E-state index contributed by atoms with van der Waals surface area (Å²) in [6.07, 6.45) is -3.29. The lowest BCUT2D eigenvalue weighted by atomic mass is 10.2. The zero-order valence-electron chi connectivity index (χ0n) is 33.5. The number of carbonyl (C=O) groups excluding carboxylic acids is 2. The molecule has 4 N–H and O–H groups in total. The number of rotatable bonds is 8. The van der Waals surface area contributed by atoms with Gasteiger partial charge < -0.3 is 38.8 Å². The van der Waals surface area contributed by atoms with Crippen LogP contribution in [0.1, 0.15) is 56.5 Å². The van der Waals surface area contributed by atoms with Crippen molar-refractivity contribution in [2.75, 3.05) is 0 Å². The molecular formula is C39H28F6N16O4. The van der Waals surface area contributed by atoms with Crippen molar-refractivity contribution in [1.82, 2.24) is 79.9 Å². The van der Waals surface area contributed by atoms with Crippen molar-refractivity contribution >= 4 is 56.2 Å². The van der Waals surface area contributed by atoms with E-state index in [-0.39, 0.29) is 52.1 Å². The Hall–Kier alpha value is -8.58. The quantitative estimate of drug-likeness (QED) is 0.123. The average Bonchev–Trinajstić information content (AvgIpc) is 4.14. The van der Waals surface area contributed by atoms with E-state index >= 15 is 0 Å². The minimum Gasteiger partial charge on any atom is -0.353 e. The Labute approximate surface area is 357 Å². The van der Waals surface area contributed by atoms with Gasteiger partial charge in [0.25, 0.3) is 11.8 Å².